The molecule has 2 rings (SSSR count). The number of hydrogen-bond donors (Lipinski definition) is 0. The number of ether oxygens (including phenoxy) is 1. The molecular weight excluding hydrogens is 282 g/mol. The van der Waals surface area contributed by atoms with Crippen LogP contribution in [-0.4, -0.2) is 51.0 Å². The first-order chi connectivity index (χ1) is 9.64. The molecule has 0 aromatic rings. The third-order valence-electron chi connectivity index (χ3n) is 5.88. The average Bonchev–Trinajstić information content (AvgIpc) is 2.93. The van der Waals surface area contributed by atoms with Crippen molar-refractivity contribution in [2.75, 3.05) is 20.3 Å². The van der Waals surface area contributed by atoms with Gasteiger partial charge in [0.15, 0.2) is 8.32 Å². The molecule has 0 bridgehead atoms. The fourth-order valence-corrected chi connectivity index (χ4v) is 4.51. The molecule has 0 N–H and O–H groups in total. The molecule has 2 fully saturated rings. The lowest BCUT2D eigenvalue weighted by Crippen LogP contribution is -2.51. The predicted octanol–water partition coefficient (Wildman–Crippen LogP) is 3.18. The zero-order chi connectivity index (χ0) is 15.9. The first kappa shape index (κ1) is 17.0. The Morgan fingerprint density at radius 1 is 1.33 bits per heavy atom. The van der Waals surface area contributed by atoms with Gasteiger partial charge in [0.25, 0.3) is 0 Å². The minimum absolute atomic E-state index is 0.0465. The van der Waals surface area contributed by atoms with Crippen LogP contribution in [0.4, 0.5) is 0 Å². The molecule has 21 heavy (non-hydrogen) atoms. The Bertz CT molecular complexity index is 405. The fourth-order valence-electron chi connectivity index (χ4n) is 3.47. The van der Waals surface area contributed by atoms with Gasteiger partial charge < -0.3 is 9.16 Å². The highest BCUT2D eigenvalue weighted by Crippen LogP contribution is 2.44. The zero-order valence-corrected chi connectivity index (χ0v) is 15.5. The lowest BCUT2D eigenvalue weighted by molar-refractivity contribution is -0.152. The molecule has 2 saturated heterocycles. The van der Waals surface area contributed by atoms with Gasteiger partial charge in [-0.1, -0.05) is 20.8 Å². The molecule has 0 unspecified atom stereocenters. The molecule has 2 heterocycles. The highest BCUT2D eigenvalue weighted by atomic mass is 28.4. The van der Waals surface area contributed by atoms with E-state index in [2.05, 4.69) is 38.8 Å². The van der Waals surface area contributed by atoms with Crippen LogP contribution in [0.2, 0.25) is 18.1 Å². The summed E-state index contributed by atoms with van der Waals surface area (Å²) in [7, 11) is -0.212. The molecule has 122 valence electrons. The summed E-state index contributed by atoms with van der Waals surface area (Å²) < 4.78 is 11.5. The summed E-state index contributed by atoms with van der Waals surface area (Å²) in [6.07, 6.45) is 4.00. The monoisotopic (exact) mass is 313 g/mol. The van der Waals surface area contributed by atoms with Crippen LogP contribution in [0.15, 0.2) is 0 Å². The Kier molecular flexibility index (Phi) is 4.58. The van der Waals surface area contributed by atoms with Crippen LogP contribution in [-0.2, 0) is 14.0 Å². The van der Waals surface area contributed by atoms with E-state index in [1.807, 2.05) is 0 Å². The molecule has 0 saturated carbocycles. The van der Waals surface area contributed by atoms with E-state index in [9.17, 15) is 4.79 Å². The van der Waals surface area contributed by atoms with Gasteiger partial charge in [-0.3, -0.25) is 9.69 Å². The van der Waals surface area contributed by atoms with Gasteiger partial charge in [-0.05, 0) is 50.4 Å². The van der Waals surface area contributed by atoms with Gasteiger partial charge in [0.05, 0.1) is 7.11 Å². The SMILES string of the molecule is COC(=O)[C@@]12CCCN1[C@@H](CO[Si](C)(C)C(C)(C)C)CC2. The van der Waals surface area contributed by atoms with Gasteiger partial charge in [0, 0.05) is 12.6 Å². The molecule has 0 amide bonds. The van der Waals surface area contributed by atoms with E-state index in [0.717, 1.165) is 38.8 Å². The molecule has 0 aliphatic carbocycles. The van der Waals surface area contributed by atoms with Crippen molar-refractivity contribution in [2.45, 2.75) is 76.2 Å². The van der Waals surface area contributed by atoms with E-state index in [1.54, 1.807) is 0 Å². The van der Waals surface area contributed by atoms with Crippen molar-refractivity contribution in [1.82, 2.24) is 4.90 Å². The summed E-state index contributed by atoms with van der Waals surface area (Å²) in [4.78, 5) is 14.6. The highest BCUT2D eigenvalue weighted by molar-refractivity contribution is 6.74. The van der Waals surface area contributed by atoms with E-state index in [0.29, 0.717) is 6.04 Å². The molecule has 0 aromatic heterocycles. The van der Waals surface area contributed by atoms with Gasteiger partial charge in [-0.15, -0.1) is 0 Å². The number of hydrogen-bond acceptors (Lipinski definition) is 4. The number of carbonyl (C=O) groups excluding carboxylic acids is 1. The lowest BCUT2D eigenvalue weighted by atomic mass is 9.94. The second-order valence-electron chi connectivity index (χ2n) is 8.08. The van der Waals surface area contributed by atoms with Crippen LogP contribution in [0.3, 0.4) is 0 Å². The Morgan fingerprint density at radius 3 is 2.57 bits per heavy atom. The van der Waals surface area contributed by atoms with E-state index < -0.39 is 8.32 Å². The van der Waals surface area contributed by atoms with Crippen LogP contribution < -0.4 is 0 Å². The lowest BCUT2D eigenvalue weighted by Gasteiger charge is -2.38. The summed E-state index contributed by atoms with van der Waals surface area (Å²) in [6.45, 7) is 13.1. The zero-order valence-electron chi connectivity index (χ0n) is 14.5. The maximum Gasteiger partial charge on any atom is 0.326 e. The maximum atomic E-state index is 12.2. The van der Waals surface area contributed by atoms with Crippen molar-refractivity contribution in [3.8, 4) is 0 Å². The average molecular weight is 314 g/mol. The van der Waals surface area contributed by atoms with E-state index in [-0.39, 0.29) is 16.5 Å². The molecule has 2 aliphatic rings. The third-order valence-corrected chi connectivity index (χ3v) is 10.4. The number of carbonyl (C=O) groups is 1. The van der Waals surface area contributed by atoms with E-state index in [1.165, 1.54) is 7.11 Å². The molecular formula is C16H31NO3Si. The van der Waals surface area contributed by atoms with Crippen LogP contribution in [0.5, 0.6) is 0 Å². The van der Waals surface area contributed by atoms with Crippen LogP contribution in [0.1, 0.15) is 46.5 Å². The molecule has 2 atom stereocenters. The van der Waals surface area contributed by atoms with Gasteiger partial charge in [-0.25, -0.2) is 0 Å². The minimum Gasteiger partial charge on any atom is -0.468 e. The quantitative estimate of drug-likeness (QED) is 0.590. The van der Waals surface area contributed by atoms with Gasteiger partial charge in [0.2, 0.25) is 0 Å². The van der Waals surface area contributed by atoms with Crippen molar-refractivity contribution < 1.29 is 14.0 Å². The largest absolute Gasteiger partial charge is 0.468 e. The Balaban J connectivity index is 2.03. The first-order valence-corrected chi connectivity index (χ1v) is 11.0. The number of esters is 1. The van der Waals surface area contributed by atoms with Crippen LogP contribution >= 0.6 is 0 Å². The summed E-state index contributed by atoms with van der Waals surface area (Å²) in [5.41, 5.74) is -0.351. The molecule has 4 nitrogen and oxygen atoms in total. The fraction of sp³-hybridized carbons (Fsp3) is 0.938. The standard InChI is InChI=1S/C16H31NO3Si/c1-15(2,3)21(5,6)20-12-13-8-10-16(14(18)19-4)9-7-11-17(13)16/h13H,7-12H2,1-6H3/t13-,16+/m1/s1. The van der Waals surface area contributed by atoms with Crippen LogP contribution in [0.25, 0.3) is 0 Å². The molecule has 0 radical (unpaired) electrons. The number of fused-ring (bicyclic) bond motifs is 1. The molecule has 5 heteroatoms. The van der Waals surface area contributed by atoms with Crippen molar-refractivity contribution in [3.63, 3.8) is 0 Å². The molecule has 2 aliphatic heterocycles. The summed E-state index contributed by atoms with van der Waals surface area (Å²) in [5, 5.41) is 0.232. The Hall–Kier alpha value is -0.393. The molecule has 0 aromatic carbocycles. The van der Waals surface area contributed by atoms with Crippen molar-refractivity contribution >= 4 is 14.3 Å². The van der Waals surface area contributed by atoms with E-state index in [4.69, 9.17) is 9.16 Å². The van der Waals surface area contributed by atoms with Gasteiger partial charge >= 0.3 is 5.97 Å². The number of methoxy groups -OCH3 is 1. The first-order valence-electron chi connectivity index (χ1n) is 8.13. The second kappa shape index (κ2) is 5.67. The summed E-state index contributed by atoms with van der Waals surface area (Å²) in [6, 6.07) is 0.376. The highest BCUT2D eigenvalue weighted by Gasteiger charge is 2.55. The normalized spacial score (nSPS) is 30.5. The van der Waals surface area contributed by atoms with Crippen molar-refractivity contribution in [1.29, 1.82) is 0 Å². The maximum absolute atomic E-state index is 12.2. The topological polar surface area (TPSA) is 38.8 Å². The number of nitrogens with zero attached hydrogens (tertiary/aromatic N) is 1. The third kappa shape index (κ3) is 2.92. The predicted molar refractivity (Wildman–Crippen MR) is 86.9 cm³/mol. The number of rotatable bonds is 4. The van der Waals surface area contributed by atoms with Crippen molar-refractivity contribution in [2.24, 2.45) is 0 Å². The van der Waals surface area contributed by atoms with Gasteiger partial charge in [-0.2, -0.15) is 0 Å². The van der Waals surface area contributed by atoms with Crippen molar-refractivity contribution in [3.05, 3.63) is 0 Å². The minimum atomic E-state index is -1.72. The van der Waals surface area contributed by atoms with E-state index >= 15 is 0 Å². The second-order valence-corrected chi connectivity index (χ2v) is 12.9. The Morgan fingerprint density at radius 2 is 2.00 bits per heavy atom. The summed E-state index contributed by atoms with van der Waals surface area (Å²) >= 11 is 0. The van der Waals surface area contributed by atoms with Gasteiger partial charge in [0.1, 0.15) is 5.54 Å². The Labute approximate surface area is 130 Å². The smallest absolute Gasteiger partial charge is 0.326 e. The summed E-state index contributed by atoms with van der Waals surface area (Å²) in [5.74, 6) is -0.0465. The van der Waals surface area contributed by atoms with Crippen LogP contribution in [0, 0.1) is 0 Å². The molecule has 0 spiro atoms.